The van der Waals surface area contributed by atoms with Gasteiger partial charge in [-0.05, 0) is 24.8 Å². The zero-order chi connectivity index (χ0) is 16.2. The molecule has 2 heterocycles. The maximum atomic E-state index is 12.5. The number of piperazine rings is 1. The van der Waals surface area contributed by atoms with Crippen LogP contribution in [0.15, 0.2) is 11.4 Å². The van der Waals surface area contributed by atoms with Gasteiger partial charge in [-0.3, -0.25) is 14.5 Å². The van der Waals surface area contributed by atoms with E-state index in [1.165, 1.54) is 50.0 Å². The average Bonchev–Trinajstić information content (AvgIpc) is 3.06. The lowest BCUT2D eigenvalue weighted by molar-refractivity contribution is 0.0611. The van der Waals surface area contributed by atoms with Crippen LogP contribution < -0.4 is 5.73 Å². The fourth-order valence-corrected chi connectivity index (χ4v) is 4.46. The minimum absolute atomic E-state index is 0.0276. The summed E-state index contributed by atoms with van der Waals surface area (Å²) >= 11 is 1.30. The van der Waals surface area contributed by atoms with Gasteiger partial charge in [-0.15, -0.1) is 11.3 Å². The zero-order valence-corrected chi connectivity index (χ0v) is 14.3. The Morgan fingerprint density at radius 3 is 2.43 bits per heavy atom. The van der Waals surface area contributed by atoms with Crippen LogP contribution in [0.2, 0.25) is 0 Å². The van der Waals surface area contributed by atoms with E-state index >= 15 is 0 Å². The number of thiophene rings is 1. The monoisotopic (exact) mass is 335 g/mol. The van der Waals surface area contributed by atoms with Crippen LogP contribution in [0.4, 0.5) is 0 Å². The third-order valence-corrected chi connectivity index (χ3v) is 5.91. The molecule has 1 aliphatic carbocycles. The number of nitrogens with two attached hydrogens (primary N) is 1. The van der Waals surface area contributed by atoms with Crippen LogP contribution in [0, 0.1) is 5.92 Å². The van der Waals surface area contributed by atoms with E-state index in [1.807, 2.05) is 4.90 Å². The van der Waals surface area contributed by atoms with E-state index in [0.717, 1.165) is 32.1 Å². The zero-order valence-electron chi connectivity index (χ0n) is 13.5. The van der Waals surface area contributed by atoms with Gasteiger partial charge in [0.1, 0.15) is 0 Å². The minimum atomic E-state index is -0.474. The van der Waals surface area contributed by atoms with Gasteiger partial charge in [0.2, 0.25) is 5.91 Å². The number of amides is 2. The Kier molecular flexibility index (Phi) is 5.33. The quantitative estimate of drug-likeness (QED) is 0.917. The maximum Gasteiger partial charge on any atom is 0.264 e. The van der Waals surface area contributed by atoms with Crippen molar-refractivity contribution in [1.29, 1.82) is 0 Å². The van der Waals surface area contributed by atoms with Gasteiger partial charge in [0.15, 0.2) is 0 Å². The number of hydrogen-bond donors (Lipinski definition) is 1. The molecular weight excluding hydrogens is 310 g/mol. The van der Waals surface area contributed by atoms with Crippen molar-refractivity contribution < 1.29 is 9.59 Å². The van der Waals surface area contributed by atoms with Crippen LogP contribution in [-0.4, -0.2) is 54.3 Å². The lowest BCUT2D eigenvalue weighted by Gasteiger charge is -2.37. The summed E-state index contributed by atoms with van der Waals surface area (Å²) < 4.78 is 0. The van der Waals surface area contributed by atoms with Crippen molar-refractivity contribution >= 4 is 23.2 Å². The van der Waals surface area contributed by atoms with E-state index in [-0.39, 0.29) is 5.91 Å². The minimum Gasteiger partial charge on any atom is -0.366 e. The Labute approximate surface area is 141 Å². The van der Waals surface area contributed by atoms with Gasteiger partial charge in [-0.25, -0.2) is 0 Å². The van der Waals surface area contributed by atoms with Gasteiger partial charge in [-0.2, -0.15) is 0 Å². The molecule has 2 fully saturated rings. The summed E-state index contributed by atoms with van der Waals surface area (Å²) in [6, 6.07) is 1.61. The molecule has 0 atom stereocenters. The molecule has 1 aromatic heterocycles. The average molecular weight is 335 g/mol. The molecule has 5 nitrogen and oxygen atoms in total. The van der Waals surface area contributed by atoms with Crippen molar-refractivity contribution in [1.82, 2.24) is 9.80 Å². The molecule has 0 aromatic carbocycles. The molecule has 0 unspecified atom stereocenters. The van der Waals surface area contributed by atoms with Crippen LogP contribution in [0.5, 0.6) is 0 Å². The van der Waals surface area contributed by atoms with Gasteiger partial charge in [0, 0.05) is 38.1 Å². The third kappa shape index (κ3) is 4.12. The second kappa shape index (κ2) is 7.45. The van der Waals surface area contributed by atoms with Crippen LogP contribution >= 0.6 is 11.3 Å². The summed E-state index contributed by atoms with van der Waals surface area (Å²) in [7, 11) is 0. The van der Waals surface area contributed by atoms with Gasteiger partial charge in [0.25, 0.3) is 5.91 Å². The molecule has 126 valence electrons. The second-order valence-corrected chi connectivity index (χ2v) is 7.57. The molecule has 2 aliphatic rings. The first-order valence-electron chi connectivity index (χ1n) is 8.53. The fourth-order valence-electron chi connectivity index (χ4n) is 3.60. The first-order valence-corrected chi connectivity index (χ1v) is 9.41. The smallest absolute Gasteiger partial charge is 0.264 e. The second-order valence-electron chi connectivity index (χ2n) is 6.66. The highest BCUT2D eigenvalue weighted by atomic mass is 32.1. The first-order chi connectivity index (χ1) is 11.1. The molecule has 6 heteroatoms. The van der Waals surface area contributed by atoms with Crippen molar-refractivity contribution in [3.05, 3.63) is 21.9 Å². The van der Waals surface area contributed by atoms with Crippen LogP contribution in [0.3, 0.4) is 0 Å². The molecule has 2 N–H and O–H groups in total. The van der Waals surface area contributed by atoms with E-state index in [0.29, 0.717) is 10.4 Å². The molecule has 3 rings (SSSR count). The molecule has 2 amide bonds. The van der Waals surface area contributed by atoms with Gasteiger partial charge < -0.3 is 10.6 Å². The number of carbonyl (C=O) groups is 2. The van der Waals surface area contributed by atoms with Crippen LogP contribution in [0.1, 0.15) is 52.1 Å². The van der Waals surface area contributed by atoms with Crippen LogP contribution in [0.25, 0.3) is 0 Å². The number of rotatable bonds is 4. The third-order valence-electron chi connectivity index (χ3n) is 5.00. The van der Waals surface area contributed by atoms with Crippen molar-refractivity contribution in [2.75, 3.05) is 32.7 Å². The van der Waals surface area contributed by atoms with E-state index in [2.05, 4.69) is 4.90 Å². The highest BCUT2D eigenvalue weighted by Gasteiger charge is 2.25. The molecule has 1 saturated carbocycles. The fraction of sp³-hybridized carbons (Fsp3) is 0.647. The molecule has 23 heavy (non-hydrogen) atoms. The summed E-state index contributed by atoms with van der Waals surface area (Å²) in [5.41, 5.74) is 5.67. The van der Waals surface area contributed by atoms with E-state index in [4.69, 9.17) is 5.73 Å². The lowest BCUT2D eigenvalue weighted by Crippen LogP contribution is -2.49. The Morgan fingerprint density at radius 1 is 1.13 bits per heavy atom. The largest absolute Gasteiger partial charge is 0.366 e. The number of hydrogen-bond acceptors (Lipinski definition) is 4. The molecule has 1 aliphatic heterocycles. The first kappa shape index (κ1) is 16.5. The molecule has 1 saturated heterocycles. The van der Waals surface area contributed by atoms with Crippen molar-refractivity contribution in [2.24, 2.45) is 11.7 Å². The number of carbonyl (C=O) groups excluding carboxylic acids is 2. The SMILES string of the molecule is NC(=O)c1csc(C(=O)N2CCN(CC3CCCCC3)CC2)c1. The summed E-state index contributed by atoms with van der Waals surface area (Å²) in [5.74, 6) is 0.402. The van der Waals surface area contributed by atoms with Crippen molar-refractivity contribution in [3.8, 4) is 0 Å². The molecular formula is C17H25N3O2S. The molecule has 0 radical (unpaired) electrons. The van der Waals surface area contributed by atoms with E-state index < -0.39 is 5.91 Å². The summed E-state index contributed by atoms with van der Waals surface area (Å²) in [6.45, 7) is 4.64. The van der Waals surface area contributed by atoms with Gasteiger partial charge >= 0.3 is 0 Å². The van der Waals surface area contributed by atoms with E-state index in [1.54, 1.807) is 11.4 Å². The number of primary amides is 1. The Balaban J connectivity index is 1.49. The highest BCUT2D eigenvalue weighted by molar-refractivity contribution is 7.12. The standard InChI is InChI=1S/C17H25N3O2S/c18-16(21)14-10-15(23-12-14)17(22)20-8-6-19(7-9-20)11-13-4-2-1-3-5-13/h10,12-13H,1-9,11H2,(H2,18,21). The predicted octanol–water partition coefficient (Wildman–Crippen LogP) is 2.19. The summed E-state index contributed by atoms with van der Waals surface area (Å²) in [6.07, 6.45) is 6.88. The summed E-state index contributed by atoms with van der Waals surface area (Å²) in [5, 5.41) is 1.66. The number of nitrogens with zero attached hydrogens (tertiary/aromatic N) is 2. The lowest BCUT2D eigenvalue weighted by atomic mass is 9.89. The Hall–Kier alpha value is -1.40. The summed E-state index contributed by atoms with van der Waals surface area (Å²) in [4.78, 5) is 28.7. The maximum absolute atomic E-state index is 12.5. The molecule has 0 spiro atoms. The molecule has 1 aromatic rings. The van der Waals surface area contributed by atoms with Crippen molar-refractivity contribution in [2.45, 2.75) is 32.1 Å². The van der Waals surface area contributed by atoms with Gasteiger partial charge in [0.05, 0.1) is 10.4 Å². The van der Waals surface area contributed by atoms with E-state index in [9.17, 15) is 9.59 Å². The normalized spacial score (nSPS) is 20.6. The molecule has 0 bridgehead atoms. The highest BCUT2D eigenvalue weighted by Crippen LogP contribution is 2.25. The van der Waals surface area contributed by atoms with Gasteiger partial charge in [-0.1, -0.05) is 19.3 Å². The van der Waals surface area contributed by atoms with Crippen molar-refractivity contribution in [3.63, 3.8) is 0 Å². The van der Waals surface area contributed by atoms with Crippen LogP contribution in [-0.2, 0) is 0 Å². The topological polar surface area (TPSA) is 66.6 Å². The Morgan fingerprint density at radius 2 is 1.83 bits per heavy atom. The predicted molar refractivity (Wildman–Crippen MR) is 91.8 cm³/mol. The Bertz CT molecular complexity index is 558.